The van der Waals surface area contributed by atoms with E-state index in [9.17, 15) is 18.8 Å². The van der Waals surface area contributed by atoms with Gasteiger partial charge < -0.3 is 5.32 Å². The molecule has 140 valence electrons. The van der Waals surface area contributed by atoms with Gasteiger partial charge in [-0.2, -0.15) is 0 Å². The van der Waals surface area contributed by atoms with Crippen molar-refractivity contribution < 1.29 is 18.8 Å². The van der Waals surface area contributed by atoms with E-state index in [2.05, 4.69) is 21.5 Å². The van der Waals surface area contributed by atoms with Crippen LogP contribution in [0.4, 0.5) is 10.1 Å². The molecule has 4 N–H and O–H groups in total. The number of thiocarbonyl (C=S) groups is 1. The van der Waals surface area contributed by atoms with Crippen LogP contribution in [0.15, 0.2) is 54.6 Å². The van der Waals surface area contributed by atoms with Gasteiger partial charge in [0.1, 0.15) is 5.82 Å². The minimum atomic E-state index is -0.552. The number of hydrazine groups is 1. The highest BCUT2D eigenvalue weighted by molar-refractivity contribution is 7.80. The summed E-state index contributed by atoms with van der Waals surface area (Å²) in [5.41, 5.74) is 5.50. The zero-order chi connectivity index (χ0) is 19.6. The predicted molar refractivity (Wildman–Crippen MR) is 102 cm³/mol. The molecule has 0 saturated heterocycles. The van der Waals surface area contributed by atoms with Crippen molar-refractivity contribution in [3.8, 4) is 0 Å². The van der Waals surface area contributed by atoms with Gasteiger partial charge in [0.2, 0.25) is 11.8 Å². The summed E-state index contributed by atoms with van der Waals surface area (Å²) in [5.74, 6) is -1.79. The zero-order valence-electron chi connectivity index (χ0n) is 14.1. The Balaban J connectivity index is 1.67. The second-order valence-electron chi connectivity index (χ2n) is 5.38. The van der Waals surface area contributed by atoms with Crippen LogP contribution < -0.4 is 21.5 Å². The van der Waals surface area contributed by atoms with Crippen LogP contribution >= 0.6 is 12.2 Å². The molecule has 0 aliphatic carbocycles. The average Bonchev–Trinajstić information content (AvgIpc) is 2.66. The normalized spacial score (nSPS) is 9.81. The number of anilines is 1. The first kappa shape index (κ1) is 20.0. The molecule has 2 rings (SSSR count). The molecule has 0 unspecified atom stereocenters. The fraction of sp³-hybridized carbons (Fsp3) is 0.111. The molecule has 0 spiro atoms. The minimum Gasteiger partial charge on any atom is -0.326 e. The molecule has 2 aromatic carbocycles. The number of hydrogen-bond acceptors (Lipinski definition) is 4. The third kappa shape index (κ3) is 7.20. The monoisotopic (exact) mass is 388 g/mol. The van der Waals surface area contributed by atoms with Gasteiger partial charge in [-0.05, 0) is 48.6 Å². The largest absolute Gasteiger partial charge is 0.326 e. The lowest BCUT2D eigenvalue weighted by Crippen LogP contribution is -2.48. The lowest BCUT2D eigenvalue weighted by Gasteiger charge is -2.11. The summed E-state index contributed by atoms with van der Waals surface area (Å²) in [5, 5.41) is 4.86. The molecule has 0 aromatic heterocycles. The van der Waals surface area contributed by atoms with Crippen LogP contribution in [0.2, 0.25) is 0 Å². The van der Waals surface area contributed by atoms with E-state index >= 15 is 0 Å². The summed E-state index contributed by atoms with van der Waals surface area (Å²) >= 11 is 4.89. The number of para-hydroxylation sites is 1. The highest BCUT2D eigenvalue weighted by Crippen LogP contribution is 2.06. The van der Waals surface area contributed by atoms with Gasteiger partial charge in [0.25, 0.3) is 5.91 Å². The van der Waals surface area contributed by atoms with Gasteiger partial charge in [-0.15, -0.1) is 0 Å². The number of hydrogen-bond donors (Lipinski definition) is 4. The van der Waals surface area contributed by atoms with Gasteiger partial charge in [0.15, 0.2) is 5.11 Å². The summed E-state index contributed by atoms with van der Waals surface area (Å²) in [4.78, 5) is 35.4. The van der Waals surface area contributed by atoms with Crippen molar-refractivity contribution in [3.05, 3.63) is 66.0 Å². The van der Waals surface area contributed by atoms with E-state index in [4.69, 9.17) is 12.2 Å². The van der Waals surface area contributed by atoms with Crippen molar-refractivity contribution in [1.82, 2.24) is 16.2 Å². The Morgan fingerprint density at radius 2 is 1.48 bits per heavy atom. The Morgan fingerprint density at radius 3 is 2.15 bits per heavy atom. The molecular formula is C18H17FN4O3S. The van der Waals surface area contributed by atoms with E-state index in [0.29, 0.717) is 5.69 Å². The fourth-order valence-corrected chi connectivity index (χ4v) is 2.11. The van der Waals surface area contributed by atoms with Crippen molar-refractivity contribution in [2.24, 2.45) is 0 Å². The lowest BCUT2D eigenvalue weighted by atomic mass is 10.2. The molecule has 0 bridgehead atoms. The first-order valence-electron chi connectivity index (χ1n) is 7.94. The first-order chi connectivity index (χ1) is 12.9. The summed E-state index contributed by atoms with van der Waals surface area (Å²) in [6.07, 6.45) is -0.0860. The number of carbonyl (C=O) groups excluding carboxylic acids is 3. The van der Waals surface area contributed by atoms with Crippen LogP contribution in [0.3, 0.4) is 0 Å². The second kappa shape index (κ2) is 9.97. The van der Waals surface area contributed by atoms with Gasteiger partial charge in [-0.1, -0.05) is 18.2 Å². The zero-order valence-corrected chi connectivity index (χ0v) is 14.9. The van der Waals surface area contributed by atoms with Crippen molar-refractivity contribution >= 4 is 40.7 Å². The van der Waals surface area contributed by atoms with E-state index < -0.39 is 17.6 Å². The summed E-state index contributed by atoms with van der Waals surface area (Å²) < 4.78 is 12.8. The third-order valence-electron chi connectivity index (χ3n) is 3.29. The van der Waals surface area contributed by atoms with Crippen LogP contribution in [0.25, 0.3) is 0 Å². The number of nitrogens with one attached hydrogen (secondary N) is 4. The topological polar surface area (TPSA) is 99.3 Å². The van der Waals surface area contributed by atoms with E-state index in [1.807, 2.05) is 6.07 Å². The van der Waals surface area contributed by atoms with Crippen LogP contribution in [0.1, 0.15) is 23.2 Å². The molecule has 7 nitrogen and oxygen atoms in total. The molecular weight excluding hydrogens is 371 g/mol. The SMILES string of the molecule is O=C(CCC(=O)Nc1ccccc1)NNC(=S)NC(=O)c1ccc(F)cc1. The van der Waals surface area contributed by atoms with E-state index in [1.165, 1.54) is 12.1 Å². The maximum atomic E-state index is 12.8. The predicted octanol–water partition coefficient (Wildman–Crippen LogP) is 1.88. The minimum absolute atomic E-state index is 0.0168. The van der Waals surface area contributed by atoms with Gasteiger partial charge in [0, 0.05) is 24.1 Å². The number of benzene rings is 2. The third-order valence-corrected chi connectivity index (χ3v) is 3.49. The molecule has 9 heteroatoms. The van der Waals surface area contributed by atoms with Crippen molar-refractivity contribution in [3.63, 3.8) is 0 Å². The highest BCUT2D eigenvalue weighted by atomic mass is 32.1. The maximum absolute atomic E-state index is 12.8. The average molecular weight is 388 g/mol. The smallest absolute Gasteiger partial charge is 0.257 e. The molecule has 0 radical (unpaired) electrons. The first-order valence-corrected chi connectivity index (χ1v) is 8.35. The maximum Gasteiger partial charge on any atom is 0.257 e. The summed E-state index contributed by atoms with van der Waals surface area (Å²) in [6, 6.07) is 13.8. The number of rotatable bonds is 5. The molecule has 3 amide bonds. The Kier molecular flexibility index (Phi) is 7.38. The number of carbonyl (C=O) groups is 3. The van der Waals surface area contributed by atoms with Crippen LogP contribution in [0.5, 0.6) is 0 Å². The molecule has 0 aliphatic rings. The standard InChI is InChI=1S/C18H17FN4O3S/c19-13-8-6-12(7-9-13)17(26)21-18(27)23-22-16(25)11-10-15(24)20-14-4-2-1-3-5-14/h1-9H,10-11H2,(H,20,24)(H,22,25)(H2,21,23,26,27). The van der Waals surface area contributed by atoms with Gasteiger partial charge in [-0.25, -0.2) is 4.39 Å². The fourth-order valence-electron chi connectivity index (χ4n) is 1.97. The van der Waals surface area contributed by atoms with Crippen LogP contribution in [-0.4, -0.2) is 22.8 Å². The second-order valence-corrected chi connectivity index (χ2v) is 5.79. The van der Waals surface area contributed by atoms with E-state index in [0.717, 1.165) is 12.1 Å². The molecule has 0 aliphatic heterocycles. The lowest BCUT2D eigenvalue weighted by molar-refractivity contribution is -0.124. The van der Waals surface area contributed by atoms with Gasteiger partial charge in [0.05, 0.1) is 0 Å². The van der Waals surface area contributed by atoms with Crippen molar-refractivity contribution in [1.29, 1.82) is 0 Å². The Hall–Kier alpha value is -3.33. The molecule has 0 heterocycles. The molecule has 27 heavy (non-hydrogen) atoms. The molecule has 0 fully saturated rings. The Labute approximate surface area is 160 Å². The van der Waals surface area contributed by atoms with Crippen molar-refractivity contribution in [2.45, 2.75) is 12.8 Å². The highest BCUT2D eigenvalue weighted by Gasteiger charge is 2.10. The molecule has 0 atom stereocenters. The van der Waals surface area contributed by atoms with Gasteiger partial charge in [-0.3, -0.25) is 30.6 Å². The van der Waals surface area contributed by atoms with E-state index in [-0.39, 0.29) is 29.4 Å². The molecule has 2 aromatic rings. The van der Waals surface area contributed by atoms with Crippen LogP contribution in [-0.2, 0) is 9.59 Å². The Morgan fingerprint density at radius 1 is 0.852 bits per heavy atom. The number of amides is 3. The Bertz CT molecular complexity index is 828. The quantitative estimate of drug-likeness (QED) is 0.463. The van der Waals surface area contributed by atoms with Crippen molar-refractivity contribution in [2.75, 3.05) is 5.32 Å². The number of halogens is 1. The van der Waals surface area contributed by atoms with Gasteiger partial charge >= 0.3 is 0 Å². The van der Waals surface area contributed by atoms with E-state index in [1.54, 1.807) is 24.3 Å². The summed E-state index contributed by atoms with van der Waals surface area (Å²) in [7, 11) is 0. The molecule has 0 saturated carbocycles. The summed E-state index contributed by atoms with van der Waals surface area (Å²) in [6.45, 7) is 0. The van der Waals surface area contributed by atoms with Crippen LogP contribution in [0, 0.1) is 5.82 Å².